The Labute approximate surface area is 113 Å². The van der Waals surface area contributed by atoms with E-state index in [0.717, 1.165) is 12.8 Å². The normalized spacial score (nSPS) is 16.3. The van der Waals surface area contributed by atoms with Crippen LogP contribution in [0, 0.1) is 5.41 Å². The lowest BCUT2D eigenvalue weighted by molar-refractivity contribution is -0.146. The van der Waals surface area contributed by atoms with Crippen LogP contribution in [-0.2, 0) is 14.4 Å². The van der Waals surface area contributed by atoms with Gasteiger partial charge in [0.2, 0.25) is 11.8 Å². The van der Waals surface area contributed by atoms with E-state index in [9.17, 15) is 14.4 Å². The van der Waals surface area contributed by atoms with Gasteiger partial charge in [-0.1, -0.05) is 0 Å². The quantitative estimate of drug-likeness (QED) is 0.740. The van der Waals surface area contributed by atoms with E-state index >= 15 is 0 Å². The Morgan fingerprint density at radius 2 is 2.05 bits per heavy atom. The van der Waals surface area contributed by atoms with Crippen LogP contribution in [0.2, 0.25) is 0 Å². The number of hydrogen-bond acceptors (Lipinski definition) is 3. The van der Waals surface area contributed by atoms with Gasteiger partial charge in [0.05, 0.1) is 5.41 Å². The van der Waals surface area contributed by atoms with Crippen molar-refractivity contribution in [2.75, 3.05) is 19.6 Å². The molecule has 0 unspecified atom stereocenters. The molecular formula is C13H22N2O4. The van der Waals surface area contributed by atoms with Gasteiger partial charge in [0.1, 0.15) is 0 Å². The van der Waals surface area contributed by atoms with Gasteiger partial charge in [-0.2, -0.15) is 0 Å². The van der Waals surface area contributed by atoms with Gasteiger partial charge < -0.3 is 15.3 Å². The molecule has 0 aliphatic carbocycles. The maximum atomic E-state index is 11.6. The highest BCUT2D eigenvalue weighted by atomic mass is 16.4. The molecular weight excluding hydrogens is 248 g/mol. The van der Waals surface area contributed by atoms with Gasteiger partial charge in [-0.15, -0.1) is 0 Å². The monoisotopic (exact) mass is 270 g/mol. The number of carboxylic acid groups (broad SMARTS) is 1. The Hall–Kier alpha value is -1.59. The first kappa shape index (κ1) is 15.5. The average Bonchev–Trinajstić information content (AvgIpc) is 2.35. The summed E-state index contributed by atoms with van der Waals surface area (Å²) < 4.78 is 0. The highest BCUT2D eigenvalue weighted by molar-refractivity contribution is 5.80. The lowest BCUT2D eigenvalue weighted by Crippen LogP contribution is -2.41. The van der Waals surface area contributed by atoms with E-state index < -0.39 is 11.4 Å². The van der Waals surface area contributed by atoms with Gasteiger partial charge in [0.25, 0.3) is 0 Å². The zero-order valence-corrected chi connectivity index (χ0v) is 11.6. The Bertz CT molecular complexity index is 366. The van der Waals surface area contributed by atoms with Crippen molar-refractivity contribution < 1.29 is 19.5 Å². The van der Waals surface area contributed by atoms with Crippen molar-refractivity contribution in [3.63, 3.8) is 0 Å². The van der Waals surface area contributed by atoms with Crippen molar-refractivity contribution in [3.8, 4) is 0 Å². The fraction of sp³-hybridized carbons (Fsp3) is 0.769. The van der Waals surface area contributed by atoms with Crippen molar-refractivity contribution in [2.45, 2.75) is 39.5 Å². The minimum Gasteiger partial charge on any atom is -0.481 e. The summed E-state index contributed by atoms with van der Waals surface area (Å²) in [5, 5.41) is 11.5. The molecule has 1 heterocycles. The fourth-order valence-electron chi connectivity index (χ4n) is 1.82. The summed E-state index contributed by atoms with van der Waals surface area (Å²) in [5.74, 6) is -1.06. The van der Waals surface area contributed by atoms with Crippen molar-refractivity contribution in [1.29, 1.82) is 0 Å². The molecule has 1 rings (SSSR count). The van der Waals surface area contributed by atoms with Crippen LogP contribution in [0.15, 0.2) is 0 Å². The predicted octanol–water partition coefficient (Wildman–Crippen LogP) is 0.616. The standard InChI is InChI=1S/C13H22N2O4/c1-13(2,12(18)19)9-14-10(16)6-8-15-7-4-3-5-11(15)17/h3-9H2,1-2H3,(H,14,16)(H,18,19). The summed E-state index contributed by atoms with van der Waals surface area (Å²) >= 11 is 0. The number of rotatable bonds is 6. The van der Waals surface area contributed by atoms with Crippen molar-refractivity contribution >= 4 is 17.8 Å². The molecule has 0 aromatic rings. The molecule has 0 radical (unpaired) electrons. The summed E-state index contributed by atoms with van der Waals surface area (Å²) in [4.78, 5) is 35.7. The van der Waals surface area contributed by atoms with Gasteiger partial charge in [-0.05, 0) is 26.7 Å². The second-order valence-corrected chi connectivity index (χ2v) is 5.55. The van der Waals surface area contributed by atoms with Crippen LogP contribution in [0.25, 0.3) is 0 Å². The fourth-order valence-corrected chi connectivity index (χ4v) is 1.82. The SMILES string of the molecule is CC(C)(CNC(=O)CCN1CCCCC1=O)C(=O)O. The molecule has 0 spiro atoms. The number of carbonyl (C=O) groups excluding carboxylic acids is 2. The number of aliphatic carboxylic acids is 1. The molecule has 0 saturated carbocycles. The summed E-state index contributed by atoms with van der Waals surface area (Å²) in [6.45, 7) is 4.34. The number of nitrogens with one attached hydrogen (secondary N) is 1. The molecule has 0 aromatic carbocycles. The zero-order valence-electron chi connectivity index (χ0n) is 11.6. The molecule has 0 atom stereocenters. The van der Waals surface area contributed by atoms with E-state index in [1.54, 1.807) is 18.7 Å². The number of carboxylic acids is 1. The lowest BCUT2D eigenvalue weighted by Gasteiger charge is -2.26. The third kappa shape index (κ3) is 4.89. The molecule has 1 aliphatic heterocycles. The van der Waals surface area contributed by atoms with Gasteiger partial charge in [0, 0.05) is 32.5 Å². The third-order valence-corrected chi connectivity index (χ3v) is 3.34. The molecule has 1 aliphatic rings. The Balaban J connectivity index is 2.28. The molecule has 108 valence electrons. The van der Waals surface area contributed by atoms with Crippen molar-refractivity contribution in [3.05, 3.63) is 0 Å². The van der Waals surface area contributed by atoms with Crippen LogP contribution < -0.4 is 5.32 Å². The summed E-state index contributed by atoms with van der Waals surface area (Å²) in [6.07, 6.45) is 2.70. The van der Waals surface area contributed by atoms with E-state index in [1.165, 1.54) is 0 Å². The predicted molar refractivity (Wildman–Crippen MR) is 69.5 cm³/mol. The summed E-state index contributed by atoms with van der Waals surface area (Å²) in [5.41, 5.74) is -0.976. The lowest BCUT2D eigenvalue weighted by atomic mass is 9.94. The van der Waals surface area contributed by atoms with E-state index in [4.69, 9.17) is 5.11 Å². The second kappa shape index (κ2) is 6.54. The number of likely N-dealkylation sites (tertiary alicyclic amines) is 1. The minimum absolute atomic E-state index is 0.0924. The largest absolute Gasteiger partial charge is 0.481 e. The molecule has 2 N–H and O–H groups in total. The van der Waals surface area contributed by atoms with E-state index in [0.29, 0.717) is 19.5 Å². The highest BCUT2D eigenvalue weighted by Gasteiger charge is 2.27. The van der Waals surface area contributed by atoms with Crippen LogP contribution >= 0.6 is 0 Å². The molecule has 6 nitrogen and oxygen atoms in total. The summed E-state index contributed by atoms with van der Waals surface area (Å²) in [6, 6.07) is 0. The van der Waals surface area contributed by atoms with Crippen LogP contribution in [0.4, 0.5) is 0 Å². The first-order valence-electron chi connectivity index (χ1n) is 6.61. The molecule has 1 fully saturated rings. The first-order valence-corrected chi connectivity index (χ1v) is 6.61. The van der Waals surface area contributed by atoms with E-state index in [2.05, 4.69) is 5.32 Å². The third-order valence-electron chi connectivity index (χ3n) is 3.34. The van der Waals surface area contributed by atoms with Gasteiger partial charge in [0.15, 0.2) is 0 Å². The van der Waals surface area contributed by atoms with Crippen LogP contribution in [0.3, 0.4) is 0 Å². The van der Waals surface area contributed by atoms with Crippen molar-refractivity contribution in [1.82, 2.24) is 10.2 Å². The number of piperidine rings is 1. The van der Waals surface area contributed by atoms with Crippen molar-refractivity contribution in [2.24, 2.45) is 5.41 Å². The molecule has 0 aromatic heterocycles. The molecule has 2 amide bonds. The Kier molecular flexibility index (Phi) is 5.32. The molecule has 6 heteroatoms. The van der Waals surface area contributed by atoms with E-state index in [1.807, 2.05) is 0 Å². The van der Waals surface area contributed by atoms with Crippen LogP contribution in [-0.4, -0.2) is 47.4 Å². The number of carbonyl (C=O) groups is 3. The Morgan fingerprint density at radius 1 is 1.37 bits per heavy atom. The number of hydrogen-bond donors (Lipinski definition) is 2. The van der Waals surface area contributed by atoms with Gasteiger partial charge in [-0.25, -0.2) is 0 Å². The number of nitrogens with zero attached hydrogens (tertiary/aromatic N) is 1. The summed E-state index contributed by atoms with van der Waals surface area (Å²) in [7, 11) is 0. The molecule has 19 heavy (non-hydrogen) atoms. The topological polar surface area (TPSA) is 86.7 Å². The van der Waals surface area contributed by atoms with Gasteiger partial charge in [-0.3, -0.25) is 14.4 Å². The molecule has 1 saturated heterocycles. The average molecular weight is 270 g/mol. The second-order valence-electron chi connectivity index (χ2n) is 5.55. The van der Waals surface area contributed by atoms with Crippen LogP contribution in [0.1, 0.15) is 39.5 Å². The van der Waals surface area contributed by atoms with E-state index in [-0.39, 0.29) is 24.8 Å². The number of amides is 2. The van der Waals surface area contributed by atoms with Crippen LogP contribution in [0.5, 0.6) is 0 Å². The molecule has 0 bridgehead atoms. The maximum Gasteiger partial charge on any atom is 0.310 e. The smallest absolute Gasteiger partial charge is 0.310 e. The highest BCUT2D eigenvalue weighted by Crippen LogP contribution is 2.13. The Morgan fingerprint density at radius 3 is 2.63 bits per heavy atom. The minimum atomic E-state index is -0.976. The first-order chi connectivity index (χ1) is 8.83. The maximum absolute atomic E-state index is 11.6. The van der Waals surface area contributed by atoms with Gasteiger partial charge >= 0.3 is 5.97 Å². The zero-order chi connectivity index (χ0) is 14.5.